The Kier molecular flexibility index (Phi) is 3.66. The smallest absolute Gasteiger partial charge is 0.223 e. The standard InChI is InChI=1S/C16H15N3OS/c1-11(20)19(2)12-7-9-13(10-8-12)21-16-14-5-3-4-6-15(14)17-18-16/h3-10H,1-2H3,(H,17,18). The molecule has 3 rings (SSSR count). The van der Waals surface area contributed by atoms with E-state index >= 15 is 0 Å². The highest BCUT2D eigenvalue weighted by atomic mass is 32.2. The van der Waals surface area contributed by atoms with Gasteiger partial charge in [0.05, 0.1) is 5.52 Å². The van der Waals surface area contributed by atoms with Gasteiger partial charge >= 0.3 is 0 Å². The molecule has 0 saturated heterocycles. The molecule has 4 nitrogen and oxygen atoms in total. The predicted octanol–water partition coefficient (Wildman–Crippen LogP) is 3.70. The van der Waals surface area contributed by atoms with Crippen molar-refractivity contribution in [2.24, 2.45) is 0 Å². The summed E-state index contributed by atoms with van der Waals surface area (Å²) in [5.41, 5.74) is 1.86. The van der Waals surface area contributed by atoms with Gasteiger partial charge in [0.15, 0.2) is 0 Å². The number of rotatable bonds is 3. The highest BCUT2D eigenvalue weighted by molar-refractivity contribution is 7.99. The molecular weight excluding hydrogens is 282 g/mol. The summed E-state index contributed by atoms with van der Waals surface area (Å²) in [7, 11) is 1.77. The minimum absolute atomic E-state index is 0.0231. The second-order valence-electron chi connectivity index (χ2n) is 4.74. The molecular formula is C16H15N3OS. The molecule has 106 valence electrons. The van der Waals surface area contributed by atoms with Crippen LogP contribution in [-0.2, 0) is 4.79 Å². The van der Waals surface area contributed by atoms with Crippen LogP contribution in [0.25, 0.3) is 10.9 Å². The molecule has 0 radical (unpaired) electrons. The molecule has 1 N–H and O–H groups in total. The van der Waals surface area contributed by atoms with E-state index in [0.717, 1.165) is 26.5 Å². The Hall–Kier alpha value is -2.27. The van der Waals surface area contributed by atoms with Gasteiger partial charge in [-0.25, -0.2) is 0 Å². The van der Waals surface area contributed by atoms with Crippen LogP contribution in [0.5, 0.6) is 0 Å². The minimum atomic E-state index is 0.0231. The summed E-state index contributed by atoms with van der Waals surface area (Å²) in [6.07, 6.45) is 0. The van der Waals surface area contributed by atoms with Gasteiger partial charge in [0.1, 0.15) is 5.03 Å². The largest absolute Gasteiger partial charge is 0.316 e. The monoisotopic (exact) mass is 297 g/mol. The van der Waals surface area contributed by atoms with Crippen LogP contribution in [0.15, 0.2) is 58.5 Å². The third kappa shape index (κ3) is 2.78. The first kappa shape index (κ1) is 13.7. The number of nitrogens with zero attached hydrogens (tertiary/aromatic N) is 2. The molecule has 3 aromatic rings. The highest BCUT2D eigenvalue weighted by Crippen LogP contribution is 2.32. The van der Waals surface area contributed by atoms with E-state index in [2.05, 4.69) is 16.3 Å². The molecule has 0 spiro atoms. The fourth-order valence-electron chi connectivity index (χ4n) is 2.05. The summed E-state index contributed by atoms with van der Waals surface area (Å²) in [6.45, 7) is 1.55. The van der Waals surface area contributed by atoms with E-state index < -0.39 is 0 Å². The van der Waals surface area contributed by atoms with E-state index in [1.54, 1.807) is 30.6 Å². The van der Waals surface area contributed by atoms with Crippen LogP contribution in [-0.4, -0.2) is 23.2 Å². The van der Waals surface area contributed by atoms with Gasteiger partial charge in [-0.2, -0.15) is 5.10 Å². The van der Waals surface area contributed by atoms with Crippen molar-refractivity contribution >= 4 is 34.3 Å². The molecule has 21 heavy (non-hydrogen) atoms. The van der Waals surface area contributed by atoms with Crippen molar-refractivity contribution in [2.45, 2.75) is 16.8 Å². The summed E-state index contributed by atoms with van der Waals surface area (Å²) in [4.78, 5) is 14.1. The van der Waals surface area contributed by atoms with E-state index in [-0.39, 0.29) is 5.91 Å². The SMILES string of the molecule is CC(=O)N(C)c1ccc(Sc2[nH]nc3ccccc23)cc1. The zero-order valence-corrected chi connectivity index (χ0v) is 12.6. The van der Waals surface area contributed by atoms with Crippen LogP contribution in [0.4, 0.5) is 5.69 Å². The minimum Gasteiger partial charge on any atom is -0.316 e. The fourth-order valence-corrected chi connectivity index (χ4v) is 2.93. The van der Waals surface area contributed by atoms with Crippen LogP contribution in [0.1, 0.15) is 6.92 Å². The van der Waals surface area contributed by atoms with Crippen LogP contribution < -0.4 is 4.90 Å². The molecule has 0 aliphatic rings. The molecule has 1 aromatic heterocycles. The highest BCUT2D eigenvalue weighted by Gasteiger charge is 2.08. The number of carbonyl (C=O) groups excluding carboxylic acids is 1. The van der Waals surface area contributed by atoms with Crippen LogP contribution in [0.2, 0.25) is 0 Å². The third-order valence-electron chi connectivity index (χ3n) is 3.34. The lowest BCUT2D eigenvalue weighted by Crippen LogP contribution is -2.22. The first-order valence-electron chi connectivity index (χ1n) is 6.60. The molecule has 0 saturated carbocycles. The Morgan fingerprint density at radius 1 is 1.14 bits per heavy atom. The quantitative estimate of drug-likeness (QED) is 0.802. The van der Waals surface area contributed by atoms with Gasteiger partial charge in [0.25, 0.3) is 0 Å². The van der Waals surface area contributed by atoms with Crippen molar-refractivity contribution in [2.75, 3.05) is 11.9 Å². The number of nitrogens with one attached hydrogen (secondary N) is 1. The van der Waals surface area contributed by atoms with E-state index in [1.165, 1.54) is 0 Å². The van der Waals surface area contributed by atoms with E-state index in [0.29, 0.717) is 0 Å². The number of H-pyrrole nitrogens is 1. The van der Waals surface area contributed by atoms with Crippen molar-refractivity contribution in [1.82, 2.24) is 10.2 Å². The van der Waals surface area contributed by atoms with Gasteiger partial charge in [0, 0.05) is 29.9 Å². The summed E-state index contributed by atoms with van der Waals surface area (Å²) < 4.78 is 0. The average molecular weight is 297 g/mol. The van der Waals surface area contributed by atoms with Gasteiger partial charge < -0.3 is 4.90 Å². The van der Waals surface area contributed by atoms with Gasteiger partial charge in [0.2, 0.25) is 5.91 Å². The first-order chi connectivity index (χ1) is 10.1. The number of fused-ring (bicyclic) bond motifs is 1. The number of hydrogen-bond acceptors (Lipinski definition) is 3. The Labute approximate surface area is 127 Å². The lowest BCUT2D eigenvalue weighted by molar-refractivity contribution is -0.116. The Balaban J connectivity index is 1.84. The normalized spacial score (nSPS) is 10.8. The van der Waals surface area contributed by atoms with Crippen molar-refractivity contribution in [3.63, 3.8) is 0 Å². The number of aromatic nitrogens is 2. The van der Waals surface area contributed by atoms with Crippen LogP contribution >= 0.6 is 11.8 Å². The maximum Gasteiger partial charge on any atom is 0.223 e. The number of para-hydroxylation sites is 1. The molecule has 1 heterocycles. The van der Waals surface area contributed by atoms with Gasteiger partial charge in [-0.1, -0.05) is 30.0 Å². The molecule has 0 unspecified atom stereocenters. The number of benzene rings is 2. The topological polar surface area (TPSA) is 49.0 Å². The second kappa shape index (κ2) is 5.61. The summed E-state index contributed by atoms with van der Waals surface area (Å²) in [5, 5.41) is 9.50. The number of carbonyl (C=O) groups is 1. The van der Waals surface area contributed by atoms with Gasteiger partial charge in [-0.05, 0) is 30.3 Å². The van der Waals surface area contributed by atoms with Crippen LogP contribution in [0.3, 0.4) is 0 Å². The Morgan fingerprint density at radius 3 is 2.57 bits per heavy atom. The number of aromatic amines is 1. The van der Waals surface area contributed by atoms with Crippen molar-refractivity contribution in [3.05, 3.63) is 48.5 Å². The number of anilines is 1. The predicted molar refractivity (Wildman–Crippen MR) is 85.7 cm³/mol. The fraction of sp³-hybridized carbons (Fsp3) is 0.125. The molecule has 0 atom stereocenters. The van der Waals surface area contributed by atoms with E-state index in [9.17, 15) is 4.79 Å². The number of hydrogen-bond donors (Lipinski definition) is 1. The molecule has 0 aliphatic carbocycles. The molecule has 0 aliphatic heterocycles. The number of amides is 1. The average Bonchev–Trinajstić information content (AvgIpc) is 2.91. The molecule has 1 amide bonds. The molecule has 2 aromatic carbocycles. The maximum atomic E-state index is 11.3. The van der Waals surface area contributed by atoms with Gasteiger partial charge in [-0.3, -0.25) is 9.89 Å². The first-order valence-corrected chi connectivity index (χ1v) is 7.42. The van der Waals surface area contributed by atoms with Crippen molar-refractivity contribution in [1.29, 1.82) is 0 Å². The zero-order valence-electron chi connectivity index (χ0n) is 11.8. The third-order valence-corrected chi connectivity index (χ3v) is 4.37. The van der Waals surface area contributed by atoms with E-state index in [1.807, 2.05) is 42.5 Å². The summed E-state index contributed by atoms with van der Waals surface area (Å²) in [6, 6.07) is 15.9. The van der Waals surface area contributed by atoms with Crippen molar-refractivity contribution in [3.8, 4) is 0 Å². The Bertz CT molecular complexity index is 780. The molecule has 0 bridgehead atoms. The van der Waals surface area contributed by atoms with Gasteiger partial charge in [-0.15, -0.1) is 0 Å². The van der Waals surface area contributed by atoms with Crippen molar-refractivity contribution < 1.29 is 4.79 Å². The molecule has 0 fully saturated rings. The van der Waals surface area contributed by atoms with E-state index in [4.69, 9.17) is 0 Å². The lowest BCUT2D eigenvalue weighted by Gasteiger charge is -2.14. The lowest BCUT2D eigenvalue weighted by atomic mass is 10.3. The van der Waals surface area contributed by atoms with Crippen LogP contribution in [0, 0.1) is 0 Å². The second-order valence-corrected chi connectivity index (χ2v) is 5.83. The zero-order chi connectivity index (χ0) is 14.8. The maximum absolute atomic E-state index is 11.3. The Morgan fingerprint density at radius 2 is 1.86 bits per heavy atom. The summed E-state index contributed by atoms with van der Waals surface area (Å²) in [5.74, 6) is 0.0231. The summed E-state index contributed by atoms with van der Waals surface area (Å²) >= 11 is 1.63. The molecule has 5 heteroatoms.